The van der Waals surface area contributed by atoms with Crippen LogP contribution >= 0.6 is 15.9 Å². The third-order valence-corrected chi connectivity index (χ3v) is 3.55. The standard InChI is InChI=1S/C11H9BrN6O2/c1-18-11(20)7(12)9(10(19)16-18)13-5-3-2-4-6-8(5)15-17-14-6/h2-4,13H,1H3,(H,16,19)(H,14,15,17). The highest BCUT2D eigenvalue weighted by molar-refractivity contribution is 9.10. The summed E-state index contributed by atoms with van der Waals surface area (Å²) >= 11 is 3.13. The number of aryl methyl sites for hydroxylation is 1. The van der Waals surface area contributed by atoms with Crippen LogP contribution < -0.4 is 16.4 Å². The fraction of sp³-hybridized carbons (Fsp3) is 0.0909. The molecule has 0 fully saturated rings. The summed E-state index contributed by atoms with van der Waals surface area (Å²) < 4.78 is 1.26. The molecule has 0 aliphatic heterocycles. The summed E-state index contributed by atoms with van der Waals surface area (Å²) in [7, 11) is 1.47. The van der Waals surface area contributed by atoms with E-state index in [1.54, 1.807) is 18.2 Å². The zero-order valence-electron chi connectivity index (χ0n) is 10.3. The van der Waals surface area contributed by atoms with Crippen molar-refractivity contribution in [2.75, 3.05) is 5.32 Å². The van der Waals surface area contributed by atoms with Crippen molar-refractivity contribution in [3.8, 4) is 0 Å². The van der Waals surface area contributed by atoms with Gasteiger partial charge in [0.2, 0.25) is 0 Å². The fourth-order valence-electron chi connectivity index (χ4n) is 1.83. The van der Waals surface area contributed by atoms with Crippen LogP contribution in [0.1, 0.15) is 0 Å². The number of fused-ring (bicyclic) bond motifs is 1. The largest absolute Gasteiger partial charge is 0.348 e. The molecular formula is C11H9BrN6O2. The molecular weight excluding hydrogens is 328 g/mol. The van der Waals surface area contributed by atoms with Crippen molar-refractivity contribution in [2.45, 2.75) is 0 Å². The molecule has 0 bridgehead atoms. The van der Waals surface area contributed by atoms with E-state index in [0.29, 0.717) is 16.7 Å². The molecule has 1 aromatic carbocycles. The van der Waals surface area contributed by atoms with Crippen molar-refractivity contribution in [3.05, 3.63) is 43.4 Å². The van der Waals surface area contributed by atoms with Crippen molar-refractivity contribution >= 4 is 38.3 Å². The Balaban J connectivity index is 2.17. The van der Waals surface area contributed by atoms with E-state index in [-0.39, 0.29) is 15.7 Å². The number of benzene rings is 1. The summed E-state index contributed by atoms with van der Waals surface area (Å²) in [6.07, 6.45) is 0. The van der Waals surface area contributed by atoms with Gasteiger partial charge in [0.25, 0.3) is 11.1 Å². The molecule has 9 heteroatoms. The van der Waals surface area contributed by atoms with Crippen molar-refractivity contribution in [1.29, 1.82) is 0 Å². The molecule has 0 aliphatic rings. The summed E-state index contributed by atoms with van der Waals surface area (Å²) in [5, 5.41) is 15.8. The number of aromatic nitrogens is 5. The number of rotatable bonds is 2. The molecule has 0 saturated carbocycles. The van der Waals surface area contributed by atoms with E-state index in [4.69, 9.17) is 0 Å². The lowest BCUT2D eigenvalue weighted by Crippen LogP contribution is -2.29. The molecule has 0 atom stereocenters. The first-order chi connectivity index (χ1) is 9.58. The zero-order valence-corrected chi connectivity index (χ0v) is 11.9. The minimum absolute atomic E-state index is 0.128. The number of para-hydroxylation sites is 1. The third-order valence-electron chi connectivity index (χ3n) is 2.81. The lowest BCUT2D eigenvalue weighted by Gasteiger charge is -2.08. The summed E-state index contributed by atoms with van der Waals surface area (Å²) in [6.45, 7) is 0. The molecule has 0 unspecified atom stereocenters. The predicted molar refractivity (Wildman–Crippen MR) is 77.2 cm³/mol. The second-order valence-corrected chi connectivity index (χ2v) is 4.91. The second-order valence-electron chi connectivity index (χ2n) is 4.12. The number of nitrogens with one attached hydrogen (secondary N) is 3. The minimum Gasteiger partial charge on any atom is -0.348 e. The topological polar surface area (TPSA) is 108 Å². The maximum absolute atomic E-state index is 11.9. The summed E-state index contributed by atoms with van der Waals surface area (Å²) in [5.41, 5.74) is 1.18. The molecule has 0 aliphatic carbocycles. The molecule has 3 rings (SSSR count). The number of halogens is 1. The van der Waals surface area contributed by atoms with Crippen LogP contribution in [0.3, 0.4) is 0 Å². The monoisotopic (exact) mass is 336 g/mol. The third kappa shape index (κ3) is 1.92. The molecule has 20 heavy (non-hydrogen) atoms. The zero-order chi connectivity index (χ0) is 14.3. The minimum atomic E-state index is -0.417. The Kier molecular flexibility index (Phi) is 2.90. The number of hydrogen-bond acceptors (Lipinski definition) is 5. The van der Waals surface area contributed by atoms with Crippen LogP contribution in [0, 0.1) is 0 Å². The van der Waals surface area contributed by atoms with Crippen molar-refractivity contribution in [3.63, 3.8) is 0 Å². The van der Waals surface area contributed by atoms with Gasteiger partial charge in [-0.1, -0.05) is 6.07 Å². The van der Waals surface area contributed by atoms with E-state index in [9.17, 15) is 9.59 Å². The highest BCUT2D eigenvalue weighted by atomic mass is 79.9. The quantitative estimate of drug-likeness (QED) is 0.642. The van der Waals surface area contributed by atoms with Gasteiger partial charge >= 0.3 is 0 Å². The van der Waals surface area contributed by atoms with Crippen LogP contribution in [0.5, 0.6) is 0 Å². The first kappa shape index (κ1) is 12.6. The maximum Gasteiger partial charge on any atom is 0.287 e. The highest BCUT2D eigenvalue weighted by Crippen LogP contribution is 2.24. The Morgan fingerprint density at radius 3 is 2.90 bits per heavy atom. The first-order valence-electron chi connectivity index (χ1n) is 5.63. The lowest BCUT2D eigenvalue weighted by molar-refractivity contribution is 0.689. The molecule has 3 N–H and O–H groups in total. The molecule has 102 valence electrons. The van der Waals surface area contributed by atoms with E-state index in [1.807, 2.05) is 0 Å². The van der Waals surface area contributed by atoms with Crippen molar-refractivity contribution in [2.24, 2.45) is 7.05 Å². The van der Waals surface area contributed by atoms with Crippen molar-refractivity contribution in [1.82, 2.24) is 25.2 Å². The highest BCUT2D eigenvalue weighted by Gasteiger charge is 2.13. The van der Waals surface area contributed by atoms with E-state index >= 15 is 0 Å². The van der Waals surface area contributed by atoms with E-state index in [0.717, 1.165) is 4.68 Å². The smallest absolute Gasteiger partial charge is 0.287 e. The Hall–Kier alpha value is -2.42. The van der Waals surface area contributed by atoms with Crippen LogP contribution in [-0.4, -0.2) is 25.2 Å². The van der Waals surface area contributed by atoms with Gasteiger partial charge in [0.15, 0.2) is 0 Å². The van der Waals surface area contributed by atoms with E-state index < -0.39 is 5.56 Å². The number of hydrogen-bond donors (Lipinski definition) is 3. The maximum atomic E-state index is 11.9. The van der Waals surface area contributed by atoms with Gasteiger partial charge < -0.3 is 5.32 Å². The fourth-order valence-corrected chi connectivity index (χ4v) is 2.37. The van der Waals surface area contributed by atoms with Gasteiger partial charge in [0, 0.05) is 7.05 Å². The molecule has 3 aromatic rings. The van der Waals surface area contributed by atoms with Gasteiger partial charge in [-0.25, -0.2) is 0 Å². The predicted octanol–water partition coefficient (Wildman–Crippen LogP) is 0.851. The van der Waals surface area contributed by atoms with Gasteiger partial charge in [-0.3, -0.25) is 19.4 Å². The van der Waals surface area contributed by atoms with Gasteiger partial charge in [-0.05, 0) is 28.1 Å². The average molecular weight is 337 g/mol. The molecule has 0 saturated heterocycles. The Bertz CT molecular complexity index is 909. The Labute approximate surface area is 119 Å². The summed E-state index contributed by atoms with van der Waals surface area (Å²) in [5.74, 6) is 0. The van der Waals surface area contributed by atoms with Crippen molar-refractivity contribution < 1.29 is 0 Å². The summed E-state index contributed by atoms with van der Waals surface area (Å²) in [4.78, 5) is 23.8. The van der Waals surface area contributed by atoms with Crippen LogP contribution in [0.2, 0.25) is 0 Å². The average Bonchev–Trinajstić information content (AvgIpc) is 2.90. The number of nitrogens with zero attached hydrogens (tertiary/aromatic N) is 3. The van der Waals surface area contributed by atoms with Gasteiger partial charge in [0.1, 0.15) is 21.2 Å². The molecule has 2 heterocycles. The molecule has 2 aromatic heterocycles. The Morgan fingerprint density at radius 1 is 1.30 bits per heavy atom. The van der Waals surface area contributed by atoms with Crippen LogP contribution in [0.15, 0.2) is 32.3 Å². The Morgan fingerprint density at radius 2 is 2.10 bits per heavy atom. The summed E-state index contributed by atoms with van der Waals surface area (Å²) in [6, 6.07) is 5.30. The van der Waals surface area contributed by atoms with Crippen LogP contribution in [-0.2, 0) is 7.05 Å². The number of anilines is 2. The molecule has 0 spiro atoms. The molecule has 8 nitrogen and oxygen atoms in total. The number of aromatic amines is 2. The van der Waals surface area contributed by atoms with Gasteiger partial charge in [-0.2, -0.15) is 15.4 Å². The molecule has 0 radical (unpaired) electrons. The number of H-pyrrole nitrogens is 2. The SMILES string of the molecule is Cn1[nH]c(=O)c(Nc2cccc3n[nH]nc23)c(Br)c1=O. The van der Waals surface area contributed by atoms with Crippen LogP contribution in [0.4, 0.5) is 11.4 Å². The van der Waals surface area contributed by atoms with Gasteiger partial charge in [0.05, 0.1) is 5.69 Å². The second kappa shape index (κ2) is 4.60. The molecule has 0 amide bonds. The van der Waals surface area contributed by atoms with Gasteiger partial charge in [-0.15, -0.1) is 0 Å². The first-order valence-corrected chi connectivity index (χ1v) is 6.42. The van der Waals surface area contributed by atoms with E-state index in [2.05, 4.69) is 41.8 Å². The lowest BCUT2D eigenvalue weighted by atomic mass is 10.2. The van der Waals surface area contributed by atoms with Crippen LogP contribution in [0.25, 0.3) is 11.0 Å². The normalized spacial score (nSPS) is 10.9. The van der Waals surface area contributed by atoms with E-state index in [1.165, 1.54) is 7.05 Å².